The van der Waals surface area contributed by atoms with E-state index >= 15 is 0 Å². The van der Waals surface area contributed by atoms with E-state index in [0.717, 1.165) is 42.7 Å². The van der Waals surface area contributed by atoms with E-state index in [1.165, 1.54) is 6.07 Å². The third-order valence-electron chi connectivity index (χ3n) is 4.99. The van der Waals surface area contributed by atoms with Gasteiger partial charge in [-0.1, -0.05) is 6.07 Å². The first-order chi connectivity index (χ1) is 13.4. The number of alkyl halides is 3. The molecular formula is C20H19F4N3O. The van der Waals surface area contributed by atoms with E-state index in [9.17, 15) is 17.6 Å². The monoisotopic (exact) mass is 393 g/mol. The molecule has 1 N–H and O–H groups in total. The Morgan fingerprint density at radius 3 is 2.79 bits per heavy atom. The zero-order chi connectivity index (χ0) is 19.7. The molecule has 0 bridgehead atoms. The molecule has 3 aromatic rings. The minimum Gasteiger partial charge on any atom is -0.490 e. The Morgan fingerprint density at radius 1 is 1.18 bits per heavy atom. The van der Waals surface area contributed by atoms with Crippen LogP contribution in [0.4, 0.5) is 17.6 Å². The molecule has 0 unspecified atom stereocenters. The van der Waals surface area contributed by atoms with Crippen LogP contribution in [0, 0.1) is 11.7 Å². The maximum absolute atomic E-state index is 13.3. The number of ether oxygens (including phenoxy) is 1. The second kappa shape index (κ2) is 7.43. The summed E-state index contributed by atoms with van der Waals surface area (Å²) in [7, 11) is 0. The van der Waals surface area contributed by atoms with Crippen molar-refractivity contribution in [2.75, 3.05) is 6.54 Å². The van der Waals surface area contributed by atoms with Crippen LogP contribution in [0.5, 0.6) is 5.75 Å². The molecule has 1 saturated carbocycles. The molecule has 148 valence electrons. The predicted molar refractivity (Wildman–Crippen MR) is 95.4 cm³/mol. The van der Waals surface area contributed by atoms with Gasteiger partial charge in [-0.05, 0) is 49.6 Å². The Kier molecular flexibility index (Phi) is 4.97. The average Bonchev–Trinajstić information content (AvgIpc) is 3.09. The zero-order valence-corrected chi connectivity index (χ0v) is 14.9. The quantitative estimate of drug-likeness (QED) is 0.630. The highest BCUT2D eigenvalue weighted by molar-refractivity contribution is 5.47. The molecule has 0 atom stereocenters. The van der Waals surface area contributed by atoms with Gasteiger partial charge in [0.1, 0.15) is 17.2 Å². The van der Waals surface area contributed by atoms with Crippen molar-refractivity contribution in [3.05, 3.63) is 65.9 Å². The number of nitrogens with zero attached hydrogens (tertiary/aromatic N) is 2. The van der Waals surface area contributed by atoms with Crippen LogP contribution in [0.3, 0.4) is 0 Å². The van der Waals surface area contributed by atoms with Gasteiger partial charge in [-0.25, -0.2) is 9.37 Å². The molecular weight excluding hydrogens is 374 g/mol. The Bertz CT molecular complexity index is 963. The first-order valence-corrected chi connectivity index (χ1v) is 9.05. The molecule has 4 nitrogen and oxygen atoms in total. The van der Waals surface area contributed by atoms with Gasteiger partial charge < -0.3 is 14.5 Å². The van der Waals surface area contributed by atoms with E-state index in [1.54, 1.807) is 6.20 Å². The molecule has 0 aliphatic heterocycles. The topological polar surface area (TPSA) is 38.6 Å². The van der Waals surface area contributed by atoms with Crippen molar-refractivity contribution in [1.82, 2.24) is 14.7 Å². The lowest BCUT2D eigenvalue weighted by Crippen LogP contribution is -2.39. The molecule has 4 rings (SSSR count). The summed E-state index contributed by atoms with van der Waals surface area (Å²) < 4.78 is 59.2. The van der Waals surface area contributed by atoms with Gasteiger partial charge in [0.15, 0.2) is 0 Å². The Morgan fingerprint density at radius 2 is 2.00 bits per heavy atom. The van der Waals surface area contributed by atoms with Crippen LogP contribution in [-0.4, -0.2) is 22.0 Å². The van der Waals surface area contributed by atoms with Crippen LogP contribution >= 0.6 is 0 Å². The first kappa shape index (κ1) is 18.7. The van der Waals surface area contributed by atoms with Crippen LogP contribution < -0.4 is 10.1 Å². The molecule has 0 spiro atoms. The van der Waals surface area contributed by atoms with Gasteiger partial charge in [0.25, 0.3) is 0 Å². The van der Waals surface area contributed by atoms with E-state index in [-0.39, 0.29) is 11.9 Å². The third kappa shape index (κ3) is 3.96. The Balaban J connectivity index is 1.25. The number of aromatic nitrogens is 2. The first-order valence-electron chi connectivity index (χ1n) is 9.05. The lowest BCUT2D eigenvalue weighted by atomic mass is 9.82. The molecule has 0 saturated heterocycles. The van der Waals surface area contributed by atoms with Crippen molar-refractivity contribution in [2.24, 2.45) is 5.92 Å². The molecule has 1 aliphatic rings. The smallest absolute Gasteiger partial charge is 0.419 e. The minimum atomic E-state index is -4.73. The number of fused-ring (bicyclic) bond motifs is 1. The average molecular weight is 393 g/mol. The number of halogens is 4. The number of pyridine rings is 1. The Hall–Kier alpha value is -2.61. The van der Waals surface area contributed by atoms with Crippen molar-refractivity contribution in [2.45, 2.75) is 31.7 Å². The molecule has 2 aromatic heterocycles. The van der Waals surface area contributed by atoms with Crippen LogP contribution in [0.2, 0.25) is 0 Å². The predicted octanol–water partition coefficient (Wildman–Crippen LogP) is 4.44. The lowest BCUT2D eigenvalue weighted by Gasteiger charge is -2.35. The summed E-state index contributed by atoms with van der Waals surface area (Å²) in [5.41, 5.74) is 0.725. The van der Waals surface area contributed by atoms with Gasteiger partial charge in [0.2, 0.25) is 0 Å². The molecule has 1 aromatic carbocycles. The highest BCUT2D eigenvalue weighted by atomic mass is 19.4. The molecule has 1 fully saturated rings. The van der Waals surface area contributed by atoms with Gasteiger partial charge in [-0.2, -0.15) is 13.2 Å². The lowest BCUT2D eigenvalue weighted by molar-refractivity contribution is -0.140. The number of rotatable bonds is 6. The summed E-state index contributed by atoms with van der Waals surface area (Å²) in [5, 5.41) is 3.40. The number of hydrogen-bond acceptors (Lipinski definition) is 3. The summed E-state index contributed by atoms with van der Waals surface area (Å²) in [5.74, 6) is -0.842. The molecule has 2 heterocycles. The SMILES string of the molecule is Fc1ccc(OC2CC(CNCc3cccn4ccnc34)C2)cc1C(F)(F)F. The second-order valence-corrected chi connectivity index (χ2v) is 7.04. The number of imidazole rings is 1. The summed E-state index contributed by atoms with van der Waals surface area (Å²) in [6.45, 7) is 1.48. The van der Waals surface area contributed by atoms with E-state index in [0.29, 0.717) is 12.5 Å². The highest BCUT2D eigenvalue weighted by Gasteiger charge is 2.35. The number of benzene rings is 1. The fourth-order valence-electron chi connectivity index (χ4n) is 3.48. The van der Waals surface area contributed by atoms with Crippen molar-refractivity contribution < 1.29 is 22.3 Å². The van der Waals surface area contributed by atoms with Crippen LogP contribution in [0.1, 0.15) is 24.0 Å². The third-order valence-corrected chi connectivity index (χ3v) is 4.99. The molecule has 28 heavy (non-hydrogen) atoms. The van der Waals surface area contributed by atoms with Gasteiger partial charge in [-0.3, -0.25) is 0 Å². The number of hydrogen-bond donors (Lipinski definition) is 1. The van der Waals surface area contributed by atoms with Crippen LogP contribution in [-0.2, 0) is 12.7 Å². The molecule has 0 amide bonds. The summed E-state index contributed by atoms with van der Waals surface area (Å²) in [4.78, 5) is 4.34. The van der Waals surface area contributed by atoms with Crippen molar-refractivity contribution >= 4 is 5.65 Å². The van der Waals surface area contributed by atoms with Crippen molar-refractivity contribution in [1.29, 1.82) is 0 Å². The Labute approximate surface area is 159 Å². The standard InChI is InChI=1S/C20H19F4N3O/c21-18-4-3-15(10-17(18)20(22,23)24)28-16-8-13(9-16)11-25-12-14-2-1-6-27-7-5-26-19(14)27/h1-7,10,13,16,25H,8-9,11-12H2. The van der Waals surface area contributed by atoms with Gasteiger partial charge in [-0.15, -0.1) is 0 Å². The largest absolute Gasteiger partial charge is 0.490 e. The number of nitrogens with one attached hydrogen (secondary N) is 1. The van der Waals surface area contributed by atoms with E-state index in [4.69, 9.17) is 4.74 Å². The summed E-state index contributed by atoms with van der Waals surface area (Å²) >= 11 is 0. The van der Waals surface area contributed by atoms with Crippen LogP contribution in [0.15, 0.2) is 48.9 Å². The normalized spacial score (nSPS) is 19.6. The zero-order valence-electron chi connectivity index (χ0n) is 14.9. The minimum absolute atomic E-state index is 0.0520. The summed E-state index contributed by atoms with van der Waals surface area (Å²) in [6, 6.07) is 6.76. The molecule has 8 heteroatoms. The molecule has 1 aliphatic carbocycles. The van der Waals surface area contributed by atoms with Crippen molar-refractivity contribution in [3.63, 3.8) is 0 Å². The highest BCUT2D eigenvalue weighted by Crippen LogP contribution is 2.36. The van der Waals surface area contributed by atoms with E-state index < -0.39 is 17.6 Å². The van der Waals surface area contributed by atoms with Crippen molar-refractivity contribution in [3.8, 4) is 5.75 Å². The van der Waals surface area contributed by atoms with E-state index in [2.05, 4.69) is 10.3 Å². The maximum atomic E-state index is 13.3. The van der Waals surface area contributed by atoms with Gasteiger partial charge in [0, 0.05) is 30.7 Å². The van der Waals surface area contributed by atoms with Gasteiger partial charge in [0.05, 0.1) is 11.7 Å². The second-order valence-electron chi connectivity index (χ2n) is 7.04. The summed E-state index contributed by atoms with van der Waals surface area (Å²) in [6.07, 6.45) is 2.22. The van der Waals surface area contributed by atoms with E-state index in [1.807, 2.05) is 28.9 Å². The van der Waals surface area contributed by atoms with Gasteiger partial charge >= 0.3 is 6.18 Å². The fraction of sp³-hybridized carbons (Fsp3) is 0.350. The molecule has 0 radical (unpaired) electrons. The van der Waals surface area contributed by atoms with Crippen LogP contribution in [0.25, 0.3) is 5.65 Å². The maximum Gasteiger partial charge on any atom is 0.419 e. The fourth-order valence-corrected chi connectivity index (χ4v) is 3.48.